The molecule has 11 aromatic rings. The van der Waals surface area contributed by atoms with Gasteiger partial charge in [0.2, 0.25) is 0 Å². The standard InChI is InChI=1S/C55H32N2OS/c1-2-16-33(17-3-1)49-37-19-4-6-21-39(37)50(40-22-7-5-20-38(40)49)54-56-51(53-52(57-54)41-23-9-15-29-48(41)59-53)34-30-31-36-35-18-8-10-24-42(35)55(45(36)32-34)43-25-11-13-27-46(43)58-47-28-14-12-26-44(47)55/h1-32H. The van der Waals surface area contributed by atoms with Crippen molar-refractivity contribution in [2.24, 2.45) is 0 Å². The fourth-order valence-electron chi connectivity index (χ4n) is 10.2. The van der Waals surface area contributed by atoms with Crippen LogP contribution < -0.4 is 4.74 Å². The number of para-hydroxylation sites is 2. The molecule has 274 valence electrons. The molecule has 0 radical (unpaired) electrons. The maximum Gasteiger partial charge on any atom is 0.161 e. The molecule has 0 atom stereocenters. The molecule has 59 heavy (non-hydrogen) atoms. The molecule has 0 fully saturated rings. The first-order valence-corrected chi connectivity index (χ1v) is 20.9. The Bertz CT molecular complexity index is 3450. The molecule has 0 bridgehead atoms. The number of nitrogens with zero attached hydrogens (tertiary/aromatic N) is 2. The monoisotopic (exact) mass is 768 g/mol. The molecule has 0 N–H and O–H groups in total. The number of fused-ring (bicyclic) bond motifs is 14. The number of thiophene rings is 1. The number of ether oxygens (including phenoxy) is 1. The minimum absolute atomic E-state index is 0.581. The average molecular weight is 769 g/mol. The summed E-state index contributed by atoms with van der Waals surface area (Å²) in [6.07, 6.45) is 0. The number of benzene rings is 9. The highest BCUT2D eigenvalue weighted by molar-refractivity contribution is 7.26. The molecule has 9 aromatic carbocycles. The largest absolute Gasteiger partial charge is 0.457 e. The van der Waals surface area contributed by atoms with E-state index in [1.807, 2.05) is 0 Å². The second-order valence-electron chi connectivity index (χ2n) is 15.5. The maximum absolute atomic E-state index is 6.65. The molecular formula is C55H32N2OS. The van der Waals surface area contributed by atoms with Crippen LogP contribution in [0.1, 0.15) is 22.3 Å². The zero-order chi connectivity index (χ0) is 38.7. The van der Waals surface area contributed by atoms with Gasteiger partial charge in [-0.3, -0.25) is 0 Å². The van der Waals surface area contributed by atoms with Gasteiger partial charge in [-0.2, -0.15) is 0 Å². The molecule has 3 heterocycles. The second kappa shape index (κ2) is 12.3. The van der Waals surface area contributed by atoms with Crippen LogP contribution in [0.2, 0.25) is 0 Å². The Morgan fingerprint density at radius 2 is 0.949 bits per heavy atom. The lowest BCUT2D eigenvalue weighted by atomic mass is 9.66. The van der Waals surface area contributed by atoms with Crippen LogP contribution in [0.3, 0.4) is 0 Å². The molecule has 1 aliphatic carbocycles. The Morgan fingerprint density at radius 3 is 1.64 bits per heavy atom. The van der Waals surface area contributed by atoms with E-state index < -0.39 is 5.41 Å². The van der Waals surface area contributed by atoms with Gasteiger partial charge in [0.1, 0.15) is 11.5 Å². The fourth-order valence-corrected chi connectivity index (χ4v) is 11.3. The van der Waals surface area contributed by atoms with Gasteiger partial charge in [-0.25, -0.2) is 9.97 Å². The van der Waals surface area contributed by atoms with Gasteiger partial charge in [-0.15, -0.1) is 11.3 Å². The highest BCUT2D eigenvalue weighted by Gasteiger charge is 2.51. The Balaban J connectivity index is 1.14. The van der Waals surface area contributed by atoms with Crippen molar-refractivity contribution < 1.29 is 4.74 Å². The van der Waals surface area contributed by atoms with Crippen molar-refractivity contribution >= 4 is 53.2 Å². The third kappa shape index (κ3) is 4.47. The lowest BCUT2D eigenvalue weighted by Crippen LogP contribution is -2.32. The van der Waals surface area contributed by atoms with Crippen LogP contribution in [0.15, 0.2) is 194 Å². The van der Waals surface area contributed by atoms with E-state index in [4.69, 9.17) is 14.7 Å². The zero-order valence-corrected chi connectivity index (χ0v) is 32.5. The topological polar surface area (TPSA) is 35.0 Å². The Morgan fingerprint density at radius 1 is 0.407 bits per heavy atom. The molecule has 0 unspecified atom stereocenters. The first-order valence-electron chi connectivity index (χ1n) is 20.1. The molecule has 1 aliphatic heterocycles. The maximum atomic E-state index is 6.65. The van der Waals surface area contributed by atoms with E-state index in [-0.39, 0.29) is 0 Å². The minimum atomic E-state index is -0.581. The molecule has 13 rings (SSSR count). The third-order valence-corrected chi connectivity index (χ3v) is 13.7. The van der Waals surface area contributed by atoms with Crippen molar-refractivity contribution in [1.29, 1.82) is 0 Å². The summed E-state index contributed by atoms with van der Waals surface area (Å²) in [5.41, 5.74) is 13.1. The smallest absolute Gasteiger partial charge is 0.161 e. The predicted molar refractivity (Wildman–Crippen MR) is 244 cm³/mol. The van der Waals surface area contributed by atoms with Crippen LogP contribution in [0.5, 0.6) is 11.5 Å². The fraction of sp³-hybridized carbons (Fsp3) is 0.0182. The summed E-state index contributed by atoms with van der Waals surface area (Å²) in [7, 11) is 0. The van der Waals surface area contributed by atoms with Gasteiger partial charge in [0.05, 0.1) is 21.3 Å². The molecule has 0 saturated carbocycles. The summed E-state index contributed by atoms with van der Waals surface area (Å²) in [5, 5.41) is 5.77. The van der Waals surface area contributed by atoms with Gasteiger partial charge < -0.3 is 4.74 Å². The highest BCUT2D eigenvalue weighted by atomic mass is 32.1. The quantitative estimate of drug-likeness (QED) is 0.168. The van der Waals surface area contributed by atoms with Gasteiger partial charge in [-0.05, 0) is 79.2 Å². The van der Waals surface area contributed by atoms with Crippen LogP contribution in [0.25, 0.3) is 86.7 Å². The van der Waals surface area contributed by atoms with Gasteiger partial charge in [0.15, 0.2) is 5.82 Å². The molecule has 2 aromatic heterocycles. The van der Waals surface area contributed by atoms with Crippen molar-refractivity contribution in [3.8, 4) is 56.4 Å². The zero-order valence-electron chi connectivity index (χ0n) is 31.7. The van der Waals surface area contributed by atoms with Crippen LogP contribution in [0.4, 0.5) is 0 Å². The summed E-state index contributed by atoms with van der Waals surface area (Å²) < 4.78 is 8.93. The summed E-state index contributed by atoms with van der Waals surface area (Å²) in [4.78, 5) is 11.3. The van der Waals surface area contributed by atoms with Gasteiger partial charge in [-0.1, -0.05) is 170 Å². The lowest BCUT2D eigenvalue weighted by molar-refractivity contribution is 0.436. The normalized spacial score (nSPS) is 13.4. The Labute approximate surface area is 344 Å². The van der Waals surface area contributed by atoms with E-state index in [1.54, 1.807) is 11.3 Å². The van der Waals surface area contributed by atoms with E-state index in [1.165, 1.54) is 48.9 Å². The molecule has 2 aliphatic rings. The average Bonchev–Trinajstić information content (AvgIpc) is 3.82. The molecule has 0 amide bonds. The summed E-state index contributed by atoms with van der Waals surface area (Å²) in [5.74, 6) is 2.49. The first-order chi connectivity index (χ1) is 29.3. The van der Waals surface area contributed by atoms with Crippen molar-refractivity contribution in [3.63, 3.8) is 0 Å². The highest BCUT2D eigenvalue weighted by Crippen LogP contribution is 2.62. The van der Waals surface area contributed by atoms with Crippen molar-refractivity contribution in [2.75, 3.05) is 0 Å². The Hall–Kier alpha value is -7.40. The van der Waals surface area contributed by atoms with Crippen LogP contribution in [0, 0.1) is 0 Å². The SMILES string of the molecule is c1ccc(-c2c3ccccc3c(-c3nc(-c4ccc5c(c4)C4(c6ccccc6Oc6ccccc64)c4ccccc4-5)c4sc5ccccc5c4n3)c3ccccc23)cc1. The summed E-state index contributed by atoms with van der Waals surface area (Å²) in [6.45, 7) is 0. The molecule has 3 nitrogen and oxygen atoms in total. The number of hydrogen-bond acceptors (Lipinski definition) is 4. The minimum Gasteiger partial charge on any atom is -0.457 e. The van der Waals surface area contributed by atoms with Gasteiger partial charge >= 0.3 is 0 Å². The number of rotatable bonds is 3. The number of aromatic nitrogens is 2. The Kier molecular flexibility index (Phi) is 6.81. The lowest BCUT2D eigenvalue weighted by Gasteiger charge is -2.39. The van der Waals surface area contributed by atoms with Crippen molar-refractivity contribution in [2.45, 2.75) is 5.41 Å². The van der Waals surface area contributed by atoms with Crippen molar-refractivity contribution in [1.82, 2.24) is 9.97 Å². The summed E-state index contributed by atoms with van der Waals surface area (Å²) in [6, 6.07) is 69.9. The van der Waals surface area contributed by atoms with Crippen molar-refractivity contribution in [3.05, 3.63) is 216 Å². The predicted octanol–water partition coefficient (Wildman–Crippen LogP) is 14.6. The van der Waals surface area contributed by atoms with E-state index in [0.717, 1.165) is 71.6 Å². The van der Waals surface area contributed by atoms with Crippen LogP contribution in [-0.2, 0) is 5.41 Å². The summed E-state index contributed by atoms with van der Waals surface area (Å²) >= 11 is 1.77. The van der Waals surface area contributed by atoms with Crippen LogP contribution >= 0.6 is 11.3 Å². The molecule has 0 saturated heterocycles. The number of hydrogen-bond donors (Lipinski definition) is 0. The van der Waals surface area contributed by atoms with Crippen LogP contribution in [-0.4, -0.2) is 9.97 Å². The van der Waals surface area contributed by atoms with E-state index in [0.29, 0.717) is 0 Å². The second-order valence-corrected chi connectivity index (χ2v) is 16.6. The molecule has 1 spiro atoms. The van der Waals surface area contributed by atoms with E-state index >= 15 is 0 Å². The molecular weight excluding hydrogens is 737 g/mol. The first kappa shape index (κ1) is 32.7. The van der Waals surface area contributed by atoms with E-state index in [9.17, 15) is 0 Å². The third-order valence-electron chi connectivity index (χ3n) is 12.6. The van der Waals surface area contributed by atoms with E-state index in [2.05, 4.69) is 194 Å². The van der Waals surface area contributed by atoms with Gasteiger partial charge in [0.25, 0.3) is 0 Å². The molecule has 4 heteroatoms. The van der Waals surface area contributed by atoms with Gasteiger partial charge in [0, 0.05) is 32.3 Å².